The predicted octanol–water partition coefficient (Wildman–Crippen LogP) is 1.13. The normalized spacial score (nSPS) is 10.2. The Hall–Kier alpha value is -2.06. The fraction of sp³-hybridized carbons (Fsp3) is 0.429. The van der Waals surface area contributed by atoms with Crippen LogP contribution in [0.4, 0.5) is 0 Å². The number of nitrogens with two attached hydrogens (primary N) is 1. The smallest absolute Gasteiger partial charge is 0.231 e. The van der Waals surface area contributed by atoms with Crippen LogP contribution >= 0.6 is 0 Å². The Kier molecular flexibility index (Phi) is 6.41. The van der Waals surface area contributed by atoms with Gasteiger partial charge < -0.3 is 10.5 Å². The number of primary amides is 1. The molecule has 0 unspecified atom stereocenters. The second kappa shape index (κ2) is 8.11. The molecular weight excluding hydrogens is 242 g/mol. The number of benzene rings is 1. The fourth-order valence-corrected chi connectivity index (χ4v) is 1.70. The predicted molar refractivity (Wildman–Crippen MR) is 72.6 cm³/mol. The van der Waals surface area contributed by atoms with Gasteiger partial charge in [-0.2, -0.15) is 5.26 Å². The van der Waals surface area contributed by atoms with Gasteiger partial charge in [0, 0.05) is 6.54 Å². The first kappa shape index (κ1) is 15.0. The molecule has 0 saturated heterocycles. The Labute approximate surface area is 113 Å². The van der Waals surface area contributed by atoms with Crippen molar-refractivity contribution in [2.75, 3.05) is 26.2 Å². The van der Waals surface area contributed by atoms with E-state index in [2.05, 4.69) is 6.07 Å². The van der Waals surface area contributed by atoms with Gasteiger partial charge in [-0.05, 0) is 31.2 Å². The first-order chi connectivity index (χ1) is 9.15. The molecule has 0 spiro atoms. The highest BCUT2D eigenvalue weighted by atomic mass is 16.5. The third kappa shape index (κ3) is 5.89. The molecule has 0 atom stereocenters. The van der Waals surface area contributed by atoms with Crippen molar-refractivity contribution in [1.29, 1.82) is 5.26 Å². The Morgan fingerprint density at radius 3 is 2.95 bits per heavy atom. The highest BCUT2D eigenvalue weighted by molar-refractivity contribution is 5.75. The Morgan fingerprint density at radius 2 is 2.32 bits per heavy atom. The lowest BCUT2D eigenvalue weighted by Crippen LogP contribution is -2.34. The van der Waals surface area contributed by atoms with Gasteiger partial charge in [-0.15, -0.1) is 0 Å². The topological polar surface area (TPSA) is 79.3 Å². The van der Waals surface area contributed by atoms with Crippen molar-refractivity contribution >= 4 is 5.91 Å². The molecule has 0 heterocycles. The lowest BCUT2D eigenvalue weighted by molar-refractivity contribution is -0.119. The summed E-state index contributed by atoms with van der Waals surface area (Å²) in [5, 5.41) is 8.77. The summed E-state index contributed by atoms with van der Waals surface area (Å²) >= 11 is 0. The van der Waals surface area contributed by atoms with Gasteiger partial charge in [0.1, 0.15) is 5.75 Å². The first-order valence-electron chi connectivity index (χ1n) is 6.29. The van der Waals surface area contributed by atoms with Crippen LogP contribution in [0.3, 0.4) is 0 Å². The Balaban J connectivity index is 2.30. The van der Waals surface area contributed by atoms with Gasteiger partial charge in [-0.3, -0.25) is 9.69 Å². The van der Waals surface area contributed by atoms with Crippen molar-refractivity contribution in [3.63, 3.8) is 0 Å². The van der Waals surface area contributed by atoms with Crippen LogP contribution in [0.2, 0.25) is 0 Å². The fourth-order valence-electron chi connectivity index (χ4n) is 1.70. The van der Waals surface area contributed by atoms with E-state index in [0.29, 0.717) is 17.9 Å². The van der Waals surface area contributed by atoms with Crippen LogP contribution < -0.4 is 10.5 Å². The largest absolute Gasteiger partial charge is 0.494 e. The number of hydrogen-bond donors (Lipinski definition) is 1. The maximum Gasteiger partial charge on any atom is 0.231 e. The van der Waals surface area contributed by atoms with Gasteiger partial charge in [-0.25, -0.2) is 0 Å². The monoisotopic (exact) mass is 261 g/mol. The molecule has 2 N–H and O–H groups in total. The van der Waals surface area contributed by atoms with Gasteiger partial charge in [0.25, 0.3) is 0 Å². The van der Waals surface area contributed by atoms with Crippen molar-refractivity contribution in [2.45, 2.75) is 13.3 Å². The minimum Gasteiger partial charge on any atom is -0.494 e. The number of hydrogen-bond acceptors (Lipinski definition) is 4. The summed E-state index contributed by atoms with van der Waals surface area (Å²) in [7, 11) is 0. The van der Waals surface area contributed by atoms with Gasteiger partial charge in [0.15, 0.2) is 0 Å². The molecule has 0 aliphatic heterocycles. The molecule has 0 bridgehead atoms. The minimum absolute atomic E-state index is 0.278. The number of rotatable bonds is 8. The maximum atomic E-state index is 10.8. The van der Waals surface area contributed by atoms with Gasteiger partial charge in [-0.1, -0.05) is 13.0 Å². The molecule has 0 aliphatic carbocycles. The van der Waals surface area contributed by atoms with E-state index in [-0.39, 0.29) is 12.5 Å². The highest BCUT2D eigenvalue weighted by Crippen LogP contribution is 2.12. The molecule has 5 nitrogen and oxygen atoms in total. The molecule has 0 aromatic heterocycles. The number of nitriles is 1. The molecule has 0 radical (unpaired) electrons. The molecule has 0 saturated carbocycles. The zero-order chi connectivity index (χ0) is 14.1. The number of likely N-dealkylation sites (N-methyl/N-ethyl adjacent to an activating group) is 1. The van der Waals surface area contributed by atoms with Crippen molar-refractivity contribution in [3.05, 3.63) is 29.8 Å². The summed E-state index contributed by atoms with van der Waals surface area (Å²) in [6.07, 6.45) is 0.803. The molecule has 1 amide bonds. The van der Waals surface area contributed by atoms with E-state index in [1.165, 1.54) is 0 Å². The Morgan fingerprint density at radius 1 is 1.53 bits per heavy atom. The molecule has 5 heteroatoms. The molecule has 19 heavy (non-hydrogen) atoms. The van der Waals surface area contributed by atoms with E-state index in [9.17, 15) is 4.79 Å². The van der Waals surface area contributed by atoms with Crippen LogP contribution in [0.1, 0.15) is 18.9 Å². The van der Waals surface area contributed by atoms with E-state index in [1.54, 1.807) is 18.2 Å². The number of ether oxygens (including phenoxy) is 1. The summed E-state index contributed by atoms with van der Waals surface area (Å²) in [6, 6.07) is 9.12. The molecule has 0 aliphatic rings. The van der Waals surface area contributed by atoms with Gasteiger partial charge >= 0.3 is 0 Å². The summed E-state index contributed by atoms with van der Waals surface area (Å²) < 4.78 is 5.55. The standard InChI is InChI=1S/C14H19N3O2/c1-2-17(11-14(16)18)7-4-8-19-13-6-3-5-12(9-13)10-15/h3,5-6,9H,2,4,7-8,11H2,1H3,(H2,16,18). The van der Waals surface area contributed by atoms with Gasteiger partial charge in [0.2, 0.25) is 5.91 Å². The van der Waals surface area contributed by atoms with Crippen molar-refractivity contribution < 1.29 is 9.53 Å². The Bertz CT molecular complexity index is 454. The summed E-state index contributed by atoms with van der Waals surface area (Å²) in [5.74, 6) is 0.376. The number of nitrogens with zero attached hydrogens (tertiary/aromatic N) is 2. The van der Waals surface area contributed by atoms with E-state index in [0.717, 1.165) is 19.5 Å². The van der Waals surface area contributed by atoms with Crippen molar-refractivity contribution in [1.82, 2.24) is 4.90 Å². The summed E-state index contributed by atoms with van der Waals surface area (Å²) in [4.78, 5) is 12.8. The van der Waals surface area contributed by atoms with Crippen LogP contribution in [0.5, 0.6) is 5.75 Å². The van der Waals surface area contributed by atoms with Crippen LogP contribution in [-0.4, -0.2) is 37.0 Å². The van der Waals surface area contributed by atoms with E-state index in [4.69, 9.17) is 15.7 Å². The summed E-state index contributed by atoms with van der Waals surface area (Å²) in [5.41, 5.74) is 5.74. The molecular formula is C14H19N3O2. The lowest BCUT2D eigenvalue weighted by atomic mass is 10.2. The summed E-state index contributed by atoms with van der Waals surface area (Å²) in [6.45, 7) is 4.36. The second-order valence-corrected chi connectivity index (χ2v) is 4.18. The minimum atomic E-state index is -0.315. The average molecular weight is 261 g/mol. The third-order valence-corrected chi connectivity index (χ3v) is 2.68. The van der Waals surface area contributed by atoms with Gasteiger partial charge in [0.05, 0.1) is 24.8 Å². The molecule has 1 rings (SSSR count). The SMILES string of the molecule is CCN(CCCOc1cccc(C#N)c1)CC(N)=O. The van der Waals surface area contributed by atoms with E-state index in [1.807, 2.05) is 17.9 Å². The van der Waals surface area contributed by atoms with Crippen molar-refractivity contribution in [2.24, 2.45) is 5.73 Å². The maximum absolute atomic E-state index is 10.8. The molecule has 1 aromatic rings. The number of carbonyl (C=O) groups excluding carboxylic acids is 1. The van der Waals surface area contributed by atoms with Crippen LogP contribution in [0, 0.1) is 11.3 Å². The number of carbonyl (C=O) groups is 1. The van der Waals surface area contributed by atoms with E-state index >= 15 is 0 Å². The molecule has 1 aromatic carbocycles. The van der Waals surface area contributed by atoms with Crippen LogP contribution in [-0.2, 0) is 4.79 Å². The zero-order valence-electron chi connectivity index (χ0n) is 11.1. The van der Waals surface area contributed by atoms with Crippen molar-refractivity contribution in [3.8, 4) is 11.8 Å². The average Bonchev–Trinajstić information content (AvgIpc) is 2.42. The second-order valence-electron chi connectivity index (χ2n) is 4.18. The quantitative estimate of drug-likeness (QED) is 0.711. The first-order valence-corrected chi connectivity index (χ1v) is 6.29. The third-order valence-electron chi connectivity index (χ3n) is 2.68. The number of amides is 1. The van der Waals surface area contributed by atoms with Crippen LogP contribution in [0.15, 0.2) is 24.3 Å². The lowest BCUT2D eigenvalue weighted by Gasteiger charge is -2.18. The van der Waals surface area contributed by atoms with Crippen LogP contribution in [0.25, 0.3) is 0 Å². The zero-order valence-corrected chi connectivity index (χ0v) is 11.1. The van der Waals surface area contributed by atoms with E-state index < -0.39 is 0 Å². The molecule has 102 valence electrons. The highest BCUT2D eigenvalue weighted by Gasteiger charge is 2.05. The molecule has 0 fully saturated rings.